The van der Waals surface area contributed by atoms with Gasteiger partial charge in [-0.3, -0.25) is 14.9 Å². The van der Waals surface area contributed by atoms with Crippen LogP contribution in [0.2, 0.25) is 0 Å². The molecule has 24 heavy (non-hydrogen) atoms. The molecular weight excluding hydrogens is 308 g/mol. The third-order valence-corrected chi connectivity index (χ3v) is 3.46. The zero-order chi connectivity index (χ0) is 17.1. The number of aryl methyl sites for hydroxylation is 1. The van der Waals surface area contributed by atoms with E-state index in [9.17, 15) is 14.4 Å². The van der Waals surface area contributed by atoms with Crippen LogP contribution in [0, 0.1) is 6.92 Å². The van der Waals surface area contributed by atoms with Crippen molar-refractivity contribution in [1.82, 2.24) is 5.32 Å². The number of carbonyl (C=O) groups excluding carboxylic acids is 3. The van der Waals surface area contributed by atoms with Crippen LogP contribution in [0.1, 0.15) is 11.3 Å². The highest BCUT2D eigenvalue weighted by molar-refractivity contribution is 6.37. The number of rotatable bonds is 3. The molecule has 1 aromatic heterocycles. The fraction of sp³-hybridized carbons (Fsp3) is 0.0556. The first-order chi connectivity index (χ1) is 11.6. The van der Waals surface area contributed by atoms with Crippen molar-refractivity contribution in [1.29, 1.82) is 0 Å². The van der Waals surface area contributed by atoms with Gasteiger partial charge in [-0.1, -0.05) is 23.8 Å². The Bertz CT molecular complexity index is 846. The summed E-state index contributed by atoms with van der Waals surface area (Å²) in [4.78, 5) is 37.4. The largest absolute Gasteiger partial charge is 0.465 e. The van der Waals surface area contributed by atoms with Crippen LogP contribution in [0.15, 0.2) is 64.8 Å². The third kappa shape index (κ3) is 3.03. The molecule has 1 aliphatic heterocycles. The van der Waals surface area contributed by atoms with E-state index < -0.39 is 17.8 Å². The average Bonchev–Trinajstić information content (AvgIpc) is 3.05. The highest BCUT2D eigenvalue weighted by Crippen LogP contribution is 2.21. The number of imide groups is 2. The predicted molar refractivity (Wildman–Crippen MR) is 88.0 cm³/mol. The maximum absolute atomic E-state index is 12.5. The topological polar surface area (TPSA) is 79.6 Å². The first-order valence-corrected chi connectivity index (χ1v) is 7.24. The Morgan fingerprint density at radius 2 is 1.83 bits per heavy atom. The summed E-state index contributed by atoms with van der Waals surface area (Å²) < 4.78 is 5.13. The standard InChI is InChI=1S/C18H14N2O4/c1-12-7-9-13(10-8-12)20-17(22)15(16(21)19-18(20)23)6-2-4-14-5-3-11-24-14/h2-11H,1H3,(H,19,21,23)/b4-2+,15-6-. The molecule has 1 fully saturated rings. The molecule has 0 atom stereocenters. The van der Waals surface area contributed by atoms with Crippen LogP contribution in [0.3, 0.4) is 0 Å². The second-order valence-corrected chi connectivity index (χ2v) is 5.19. The maximum atomic E-state index is 12.5. The molecule has 3 rings (SSSR count). The number of barbiturate groups is 1. The van der Waals surface area contributed by atoms with Crippen molar-refractivity contribution in [2.75, 3.05) is 4.90 Å². The van der Waals surface area contributed by atoms with Crippen LogP contribution in [-0.2, 0) is 9.59 Å². The Kier molecular flexibility index (Phi) is 4.11. The second kappa shape index (κ2) is 6.37. The van der Waals surface area contributed by atoms with E-state index in [1.807, 2.05) is 6.92 Å². The van der Waals surface area contributed by atoms with Gasteiger partial charge in [0.1, 0.15) is 11.3 Å². The number of urea groups is 1. The molecule has 0 aliphatic carbocycles. The van der Waals surface area contributed by atoms with Gasteiger partial charge in [-0.2, -0.15) is 0 Å². The van der Waals surface area contributed by atoms with Crippen molar-refractivity contribution in [3.63, 3.8) is 0 Å². The van der Waals surface area contributed by atoms with Crippen LogP contribution >= 0.6 is 0 Å². The lowest BCUT2D eigenvalue weighted by atomic mass is 10.1. The van der Waals surface area contributed by atoms with Gasteiger partial charge in [0.2, 0.25) is 0 Å². The van der Waals surface area contributed by atoms with Crippen molar-refractivity contribution in [3.8, 4) is 0 Å². The lowest BCUT2D eigenvalue weighted by Gasteiger charge is -2.26. The Labute approximate surface area is 138 Å². The van der Waals surface area contributed by atoms with Gasteiger partial charge in [-0.25, -0.2) is 9.69 Å². The zero-order valence-electron chi connectivity index (χ0n) is 12.9. The smallest absolute Gasteiger partial charge is 0.335 e. The first kappa shape index (κ1) is 15.5. The van der Waals surface area contributed by atoms with Crippen LogP contribution < -0.4 is 10.2 Å². The summed E-state index contributed by atoms with van der Waals surface area (Å²) in [6.07, 6.45) is 6.01. The van der Waals surface area contributed by atoms with Crippen LogP contribution in [0.4, 0.5) is 10.5 Å². The Balaban J connectivity index is 1.89. The summed E-state index contributed by atoms with van der Waals surface area (Å²) in [5.74, 6) is -0.809. The van der Waals surface area contributed by atoms with E-state index in [0.29, 0.717) is 11.4 Å². The van der Waals surface area contributed by atoms with Crippen LogP contribution in [0.25, 0.3) is 6.08 Å². The summed E-state index contributed by atoms with van der Waals surface area (Å²) in [7, 11) is 0. The molecule has 6 heteroatoms. The molecule has 0 spiro atoms. The Morgan fingerprint density at radius 1 is 1.08 bits per heavy atom. The average molecular weight is 322 g/mol. The highest BCUT2D eigenvalue weighted by atomic mass is 16.3. The quantitative estimate of drug-likeness (QED) is 0.696. The highest BCUT2D eigenvalue weighted by Gasteiger charge is 2.36. The van der Waals surface area contributed by atoms with E-state index in [2.05, 4.69) is 5.32 Å². The minimum atomic E-state index is -0.763. The Hall–Kier alpha value is -3.41. The summed E-state index contributed by atoms with van der Waals surface area (Å²) >= 11 is 0. The third-order valence-electron chi connectivity index (χ3n) is 3.46. The SMILES string of the molecule is Cc1ccc(N2C(=O)NC(=O)/C(=C/C=C/c3ccco3)C2=O)cc1. The molecule has 0 bridgehead atoms. The van der Waals surface area contributed by atoms with Crippen LogP contribution in [-0.4, -0.2) is 17.8 Å². The normalized spacial score (nSPS) is 17.0. The lowest BCUT2D eigenvalue weighted by Crippen LogP contribution is -2.54. The molecule has 1 saturated heterocycles. The molecular formula is C18H14N2O4. The number of amides is 4. The van der Waals surface area contributed by atoms with E-state index in [4.69, 9.17) is 4.42 Å². The molecule has 2 aromatic rings. The molecule has 120 valence electrons. The predicted octanol–water partition coefficient (Wildman–Crippen LogP) is 2.81. The number of allylic oxidation sites excluding steroid dienone is 2. The summed E-state index contributed by atoms with van der Waals surface area (Å²) in [5.41, 5.74) is 1.27. The maximum Gasteiger partial charge on any atom is 0.335 e. The molecule has 4 amide bonds. The summed E-state index contributed by atoms with van der Waals surface area (Å²) in [5, 5.41) is 2.17. The van der Waals surface area contributed by atoms with E-state index in [-0.39, 0.29) is 5.57 Å². The minimum Gasteiger partial charge on any atom is -0.465 e. The van der Waals surface area contributed by atoms with Crippen molar-refractivity contribution < 1.29 is 18.8 Å². The van der Waals surface area contributed by atoms with Crippen molar-refractivity contribution in [3.05, 3.63) is 71.7 Å². The van der Waals surface area contributed by atoms with Gasteiger partial charge in [0.25, 0.3) is 11.8 Å². The van der Waals surface area contributed by atoms with E-state index in [1.165, 1.54) is 18.4 Å². The number of anilines is 1. The van der Waals surface area contributed by atoms with Gasteiger partial charge in [0.15, 0.2) is 0 Å². The second-order valence-electron chi connectivity index (χ2n) is 5.19. The molecule has 1 aromatic carbocycles. The molecule has 0 radical (unpaired) electrons. The Morgan fingerprint density at radius 3 is 2.50 bits per heavy atom. The van der Waals surface area contributed by atoms with E-state index in [1.54, 1.807) is 42.5 Å². The lowest BCUT2D eigenvalue weighted by molar-refractivity contribution is -0.122. The number of carbonyl (C=O) groups is 3. The van der Waals surface area contributed by atoms with Gasteiger partial charge < -0.3 is 4.42 Å². The number of benzene rings is 1. The van der Waals surface area contributed by atoms with Gasteiger partial charge in [0, 0.05) is 0 Å². The number of nitrogens with zero attached hydrogens (tertiary/aromatic N) is 1. The number of hydrogen-bond donors (Lipinski definition) is 1. The number of hydrogen-bond acceptors (Lipinski definition) is 4. The number of furan rings is 1. The molecule has 0 unspecified atom stereocenters. The summed E-state index contributed by atoms with van der Waals surface area (Å²) in [6.45, 7) is 1.90. The molecule has 2 heterocycles. The summed E-state index contributed by atoms with van der Waals surface area (Å²) in [6, 6.07) is 9.57. The van der Waals surface area contributed by atoms with Gasteiger partial charge in [-0.15, -0.1) is 0 Å². The fourth-order valence-electron chi connectivity index (χ4n) is 2.23. The zero-order valence-corrected chi connectivity index (χ0v) is 12.9. The van der Waals surface area contributed by atoms with Crippen LogP contribution in [0.5, 0.6) is 0 Å². The van der Waals surface area contributed by atoms with Crippen molar-refractivity contribution >= 4 is 29.6 Å². The molecule has 1 aliphatic rings. The van der Waals surface area contributed by atoms with Crippen molar-refractivity contribution in [2.24, 2.45) is 0 Å². The van der Waals surface area contributed by atoms with E-state index >= 15 is 0 Å². The number of nitrogens with one attached hydrogen (secondary N) is 1. The molecule has 6 nitrogen and oxygen atoms in total. The first-order valence-electron chi connectivity index (χ1n) is 7.24. The minimum absolute atomic E-state index is 0.127. The van der Waals surface area contributed by atoms with Gasteiger partial charge >= 0.3 is 6.03 Å². The van der Waals surface area contributed by atoms with E-state index in [0.717, 1.165) is 10.5 Å². The molecule has 0 saturated carbocycles. The van der Waals surface area contributed by atoms with Gasteiger partial charge in [0.05, 0.1) is 12.0 Å². The van der Waals surface area contributed by atoms with Gasteiger partial charge in [-0.05, 0) is 43.3 Å². The molecule has 1 N–H and O–H groups in total. The fourth-order valence-corrected chi connectivity index (χ4v) is 2.23. The van der Waals surface area contributed by atoms with Crippen molar-refractivity contribution in [2.45, 2.75) is 6.92 Å². The monoisotopic (exact) mass is 322 g/mol.